The van der Waals surface area contributed by atoms with E-state index in [4.69, 9.17) is 11.6 Å². The number of pyridine rings is 1. The van der Waals surface area contributed by atoms with E-state index in [0.717, 1.165) is 14.9 Å². The normalized spacial score (nSPS) is 11.8. The van der Waals surface area contributed by atoms with E-state index in [-0.39, 0.29) is 11.6 Å². The number of nitrogens with one attached hydrogen (secondary N) is 3. The molecule has 0 aliphatic heterocycles. The summed E-state index contributed by atoms with van der Waals surface area (Å²) >= 11 is 10.6. The van der Waals surface area contributed by atoms with Crippen LogP contribution in [0, 0.1) is 0 Å². The molecule has 3 N–H and O–H groups in total. The van der Waals surface area contributed by atoms with Crippen molar-refractivity contribution in [3.63, 3.8) is 0 Å². The Morgan fingerprint density at radius 3 is 2.38 bits per heavy atom. The van der Waals surface area contributed by atoms with Crippen molar-refractivity contribution in [2.24, 2.45) is 0 Å². The number of carbonyl (C=O) groups is 3. The highest BCUT2D eigenvalue weighted by Gasteiger charge is 2.17. The summed E-state index contributed by atoms with van der Waals surface area (Å²) in [7, 11) is 0. The number of carbonyl (C=O) groups excluding carboxylic acids is 3. The molecule has 202 valence electrons. The summed E-state index contributed by atoms with van der Waals surface area (Å²) in [6, 6.07) is 26.4. The Labute approximate surface area is 249 Å². The minimum Gasteiger partial charge on any atom is -0.321 e. The molecule has 10 heteroatoms. The predicted octanol–water partition coefficient (Wildman–Crippen LogP) is 7.03. The lowest BCUT2D eigenvalue weighted by Gasteiger charge is -2.14. The molecule has 1 unspecified atom stereocenters. The molecule has 1 heterocycles. The maximum Gasteiger partial charge on any atom is 0.272 e. The predicted molar refractivity (Wildman–Crippen MR) is 164 cm³/mol. The Kier molecular flexibility index (Phi) is 10.1. The summed E-state index contributed by atoms with van der Waals surface area (Å²) in [5.74, 6) is -0.713. The van der Waals surface area contributed by atoms with Crippen molar-refractivity contribution in [2.75, 3.05) is 10.6 Å². The van der Waals surface area contributed by atoms with E-state index in [9.17, 15) is 14.4 Å². The quantitative estimate of drug-likeness (QED) is 0.136. The molecule has 3 aromatic carbocycles. The number of nitrogens with zero attached hydrogens (tertiary/aromatic N) is 1. The average molecular weight is 636 g/mol. The summed E-state index contributed by atoms with van der Waals surface area (Å²) < 4.78 is 0.894. The van der Waals surface area contributed by atoms with Gasteiger partial charge in [0.25, 0.3) is 11.8 Å². The van der Waals surface area contributed by atoms with Gasteiger partial charge < -0.3 is 16.0 Å². The Balaban J connectivity index is 1.47. The van der Waals surface area contributed by atoms with Crippen molar-refractivity contribution in [1.29, 1.82) is 0 Å². The first-order valence-corrected chi connectivity index (χ1v) is 14.2. The lowest BCUT2D eigenvalue weighted by Crippen LogP contribution is -2.30. The topological polar surface area (TPSA) is 100 Å². The van der Waals surface area contributed by atoms with E-state index in [0.29, 0.717) is 22.1 Å². The number of thioether (sulfide) groups is 1. The van der Waals surface area contributed by atoms with Crippen LogP contribution in [0.25, 0.3) is 6.08 Å². The SMILES string of the molecule is CC(Sc1cccc(NC(=O)/C(=C/c2ccc(Br)cc2)NC(=O)c2ccccc2)c1)C(=O)Nc1ccc(Cl)cn1. The molecule has 0 saturated heterocycles. The molecule has 0 bridgehead atoms. The third-order valence-corrected chi connectivity index (χ3v) is 7.31. The average Bonchev–Trinajstić information content (AvgIpc) is 2.95. The molecule has 0 saturated carbocycles. The largest absolute Gasteiger partial charge is 0.321 e. The van der Waals surface area contributed by atoms with Gasteiger partial charge in [-0.3, -0.25) is 14.4 Å². The maximum atomic E-state index is 13.3. The van der Waals surface area contributed by atoms with Crippen molar-refractivity contribution in [3.8, 4) is 0 Å². The fourth-order valence-corrected chi connectivity index (χ4v) is 4.75. The van der Waals surface area contributed by atoms with Crippen molar-refractivity contribution in [3.05, 3.63) is 124 Å². The molecule has 0 fully saturated rings. The van der Waals surface area contributed by atoms with Crippen LogP contribution >= 0.6 is 39.3 Å². The summed E-state index contributed by atoms with van der Waals surface area (Å²) in [6.07, 6.45) is 3.07. The van der Waals surface area contributed by atoms with Gasteiger partial charge in [0.2, 0.25) is 5.91 Å². The molecule has 0 aliphatic rings. The second-order valence-corrected chi connectivity index (χ2v) is 11.3. The second-order valence-electron chi connectivity index (χ2n) is 8.52. The van der Waals surface area contributed by atoms with Gasteiger partial charge in [0.05, 0.1) is 10.3 Å². The number of hydrogen-bond acceptors (Lipinski definition) is 5. The van der Waals surface area contributed by atoms with Crippen LogP contribution in [0.4, 0.5) is 11.5 Å². The first-order valence-electron chi connectivity index (χ1n) is 12.1. The van der Waals surface area contributed by atoms with Gasteiger partial charge in [0.15, 0.2) is 0 Å². The Morgan fingerprint density at radius 1 is 0.925 bits per heavy atom. The van der Waals surface area contributed by atoms with Crippen LogP contribution in [0.5, 0.6) is 0 Å². The number of benzene rings is 3. The highest BCUT2D eigenvalue weighted by molar-refractivity contribution is 9.10. The molecule has 3 amide bonds. The summed E-state index contributed by atoms with van der Waals surface area (Å²) in [4.78, 5) is 43.7. The number of halogens is 2. The Hall–Kier alpha value is -3.92. The molecule has 4 aromatic rings. The number of hydrogen-bond donors (Lipinski definition) is 3. The van der Waals surface area contributed by atoms with E-state index >= 15 is 0 Å². The van der Waals surface area contributed by atoms with Crippen molar-refractivity contribution >= 4 is 74.6 Å². The van der Waals surface area contributed by atoms with Gasteiger partial charge in [0.1, 0.15) is 11.5 Å². The zero-order valence-electron chi connectivity index (χ0n) is 21.2. The van der Waals surface area contributed by atoms with E-state index < -0.39 is 17.1 Å². The molecule has 1 atom stereocenters. The molecular formula is C30H24BrClN4O3S. The molecule has 0 aliphatic carbocycles. The fourth-order valence-electron chi connectivity index (χ4n) is 3.45. The van der Waals surface area contributed by atoms with Crippen LogP contribution in [0.1, 0.15) is 22.8 Å². The van der Waals surface area contributed by atoms with E-state index in [1.54, 1.807) is 67.6 Å². The maximum absolute atomic E-state index is 13.3. The smallest absolute Gasteiger partial charge is 0.272 e. The van der Waals surface area contributed by atoms with Gasteiger partial charge in [0, 0.05) is 26.8 Å². The Bertz CT molecular complexity index is 1530. The van der Waals surface area contributed by atoms with E-state index in [1.165, 1.54) is 18.0 Å². The minimum atomic E-state index is -0.492. The van der Waals surface area contributed by atoms with E-state index in [1.807, 2.05) is 36.4 Å². The van der Waals surface area contributed by atoms with Crippen molar-refractivity contribution < 1.29 is 14.4 Å². The third kappa shape index (κ3) is 8.54. The van der Waals surface area contributed by atoms with Crippen molar-refractivity contribution in [1.82, 2.24) is 10.3 Å². The summed E-state index contributed by atoms with van der Waals surface area (Å²) in [5, 5.41) is 8.38. The number of aromatic nitrogens is 1. The standard InChI is InChI=1S/C30H24BrClN4O3S/c1-19(28(37)36-27-15-14-23(32)18-33-27)40-25-9-5-8-24(17-25)34-30(39)26(16-20-10-12-22(31)13-11-20)35-29(38)21-6-3-2-4-7-21/h2-19H,1H3,(H,34,39)(H,35,38)(H,33,36,37)/b26-16-. The Morgan fingerprint density at radius 2 is 1.68 bits per heavy atom. The summed E-state index contributed by atoms with van der Waals surface area (Å²) in [6.45, 7) is 1.78. The van der Waals surface area contributed by atoms with Crippen molar-refractivity contribution in [2.45, 2.75) is 17.1 Å². The zero-order valence-corrected chi connectivity index (χ0v) is 24.4. The highest BCUT2D eigenvalue weighted by Crippen LogP contribution is 2.27. The van der Waals surface area contributed by atoms with Crippen LogP contribution in [0.15, 0.2) is 112 Å². The third-order valence-electron chi connectivity index (χ3n) is 5.46. The lowest BCUT2D eigenvalue weighted by atomic mass is 10.1. The molecule has 0 spiro atoms. The minimum absolute atomic E-state index is 0.0810. The van der Waals surface area contributed by atoms with Crippen LogP contribution in [0.3, 0.4) is 0 Å². The number of anilines is 2. The van der Waals surface area contributed by atoms with Gasteiger partial charge in [-0.1, -0.05) is 63.9 Å². The molecule has 40 heavy (non-hydrogen) atoms. The highest BCUT2D eigenvalue weighted by atomic mass is 79.9. The monoisotopic (exact) mass is 634 g/mol. The van der Waals surface area contributed by atoms with Gasteiger partial charge in [-0.05, 0) is 73.2 Å². The molecule has 7 nitrogen and oxygen atoms in total. The van der Waals surface area contributed by atoms with E-state index in [2.05, 4.69) is 36.9 Å². The van der Waals surface area contributed by atoms with Crippen LogP contribution in [-0.2, 0) is 9.59 Å². The zero-order chi connectivity index (χ0) is 28.5. The van der Waals surface area contributed by atoms with Crippen LogP contribution < -0.4 is 16.0 Å². The van der Waals surface area contributed by atoms with Gasteiger partial charge in [-0.15, -0.1) is 11.8 Å². The molecule has 1 aromatic heterocycles. The van der Waals surface area contributed by atoms with Gasteiger partial charge in [-0.2, -0.15) is 0 Å². The van der Waals surface area contributed by atoms with Crippen LogP contribution in [-0.4, -0.2) is 28.0 Å². The first-order chi connectivity index (χ1) is 19.3. The fraction of sp³-hybridized carbons (Fsp3) is 0.0667. The second kappa shape index (κ2) is 13.9. The summed E-state index contributed by atoms with van der Waals surface area (Å²) in [5.41, 5.74) is 1.76. The number of rotatable bonds is 9. The first kappa shape index (κ1) is 29.1. The van der Waals surface area contributed by atoms with Crippen LogP contribution in [0.2, 0.25) is 5.02 Å². The lowest BCUT2D eigenvalue weighted by molar-refractivity contribution is -0.115. The molecule has 4 rings (SSSR count). The van der Waals surface area contributed by atoms with Gasteiger partial charge in [-0.25, -0.2) is 4.98 Å². The molecular weight excluding hydrogens is 612 g/mol. The van der Waals surface area contributed by atoms with Gasteiger partial charge >= 0.3 is 0 Å². The molecule has 0 radical (unpaired) electrons. The number of amides is 3.